The zero-order valence-corrected chi connectivity index (χ0v) is 13.4. The predicted octanol–water partition coefficient (Wildman–Crippen LogP) is 3.59. The molecule has 0 aromatic heterocycles. The average Bonchev–Trinajstić information content (AvgIpc) is 2.52. The van der Waals surface area contributed by atoms with Gasteiger partial charge >= 0.3 is 5.97 Å². The molecule has 6 heteroatoms. The quantitative estimate of drug-likeness (QED) is 0.527. The van der Waals surface area contributed by atoms with Crippen LogP contribution in [0, 0.1) is 0 Å². The van der Waals surface area contributed by atoms with Gasteiger partial charge in [-0.05, 0) is 24.3 Å². The molecule has 0 aliphatic heterocycles. The van der Waals surface area contributed by atoms with Crippen LogP contribution >= 0.6 is 23.2 Å². The van der Waals surface area contributed by atoms with Gasteiger partial charge in [0.2, 0.25) is 0 Å². The zero-order chi connectivity index (χ0) is 16.1. The van der Waals surface area contributed by atoms with Gasteiger partial charge in [-0.2, -0.15) is 0 Å². The fourth-order valence-corrected chi connectivity index (χ4v) is 2.31. The van der Waals surface area contributed by atoms with Crippen molar-refractivity contribution in [1.82, 2.24) is 0 Å². The molecule has 0 bridgehead atoms. The normalized spacial score (nSPS) is 11.3. The Morgan fingerprint density at radius 3 is 2.59 bits per heavy atom. The number of benzene rings is 2. The second kappa shape index (κ2) is 7.29. The van der Waals surface area contributed by atoms with Gasteiger partial charge in [0.1, 0.15) is 6.54 Å². The molecule has 0 atom stereocenters. The van der Waals surface area contributed by atoms with Crippen LogP contribution in [0.2, 0.25) is 10.0 Å². The van der Waals surface area contributed by atoms with Crippen LogP contribution in [0.3, 0.4) is 0 Å². The second-order valence-corrected chi connectivity index (χ2v) is 5.30. The zero-order valence-electron chi connectivity index (χ0n) is 11.8. The van der Waals surface area contributed by atoms with E-state index in [1.807, 2.05) is 12.1 Å². The third-order valence-corrected chi connectivity index (χ3v) is 3.56. The molecule has 2 aromatic rings. The number of hydrogen-bond donors (Lipinski definition) is 1. The molecule has 0 heterocycles. The van der Waals surface area contributed by atoms with Gasteiger partial charge in [-0.1, -0.05) is 41.4 Å². The number of anilines is 1. The van der Waals surface area contributed by atoms with E-state index >= 15 is 0 Å². The molecule has 0 saturated heterocycles. The molecular formula is C16H14Cl2N2O2. The minimum Gasteiger partial charge on any atom is -0.468 e. The van der Waals surface area contributed by atoms with Crippen LogP contribution in [0.4, 0.5) is 5.69 Å². The lowest BCUT2D eigenvalue weighted by Crippen LogP contribution is -2.12. The third kappa shape index (κ3) is 3.78. The van der Waals surface area contributed by atoms with Crippen molar-refractivity contribution in [2.45, 2.75) is 0 Å². The van der Waals surface area contributed by atoms with Crippen molar-refractivity contribution in [3.05, 3.63) is 63.6 Å². The number of ether oxygens (including phenoxy) is 1. The Balaban J connectivity index is 2.58. The first-order chi connectivity index (χ1) is 10.5. The van der Waals surface area contributed by atoms with Crippen molar-refractivity contribution in [2.75, 3.05) is 19.4 Å². The summed E-state index contributed by atoms with van der Waals surface area (Å²) in [5.74, 6) is -0.454. The van der Waals surface area contributed by atoms with Crippen LogP contribution in [0.5, 0.6) is 0 Å². The second-order valence-electron chi connectivity index (χ2n) is 4.45. The Labute approximate surface area is 138 Å². The molecule has 0 unspecified atom stereocenters. The lowest BCUT2D eigenvalue weighted by Gasteiger charge is -2.12. The molecular weight excluding hydrogens is 323 g/mol. The summed E-state index contributed by atoms with van der Waals surface area (Å²) < 4.78 is 4.62. The Morgan fingerprint density at radius 1 is 1.18 bits per heavy atom. The van der Waals surface area contributed by atoms with Gasteiger partial charge in [0.15, 0.2) is 0 Å². The monoisotopic (exact) mass is 336 g/mol. The molecule has 2 N–H and O–H groups in total. The van der Waals surface area contributed by atoms with Crippen molar-refractivity contribution < 1.29 is 9.53 Å². The van der Waals surface area contributed by atoms with Crippen LogP contribution in [0.15, 0.2) is 47.5 Å². The summed E-state index contributed by atoms with van der Waals surface area (Å²) in [6.45, 7) is -0.136. The molecule has 114 valence electrons. The van der Waals surface area contributed by atoms with E-state index in [2.05, 4.69) is 9.73 Å². The lowest BCUT2D eigenvalue weighted by molar-refractivity contribution is -0.138. The van der Waals surface area contributed by atoms with Crippen molar-refractivity contribution in [2.24, 2.45) is 4.99 Å². The number of halogens is 2. The van der Waals surface area contributed by atoms with E-state index in [-0.39, 0.29) is 6.54 Å². The SMILES string of the molecule is COC(=O)CN=C(c1cc(Cl)ccc1N)c1ccccc1Cl. The van der Waals surface area contributed by atoms with Gasteiger partial charge in [0.05, 0.1) is 12.8 Å². The highest BCUT2D eigenvalue weighted by molar-refractivity contribution is 6.36. The molecule has 4 nitrogen and oxygen atoms in total. The lowest BCUT2D eigenvalue weighted by atomic mass is 10.0. The van der Waals surface area contributed by atoms with E-state index in [4.69, 9.17) is 28.9 Å². The number of carbonyl (C=O) groups excluding carboxylic acids is 1. The van der Waals surface area contributed by atoms with Crippen molar-refractivity contribution in [1.29, 1.82) is 0 Å². The fraction of sp³-hybridized carbons (Fsp3) is 0.125. The molecule has 2 rings (SSSR count). The van der Waals surface area contributed by atoms with E-state index in [1.54, 1.807) is 30.3 Å². The molecule has 0 radical (unpaired) electrons. The van der Waals surface area contributed by atoms with E-state index in [0.717, 1.165) is 0 Å². The number of carbonyl (C=O) groups is 1. The van der Waals surface area contributed by atoms with Gasteiger partial charge in [0.25, 0.3) is 0 Å². The summed E-state index contributed by atoms with van der Waals surface area (Å²) in [7, 11) is 1.31. The summed E-state index contributed by atoms with van der Waals surface area (Å²) in [5.41, 5.74) is 8.29. The number of rotatable bonds is 4. The predicted molar refractivity (Wildman–Crippen MR) is 89.8 cm³/mol. The number of nitrogen functional groups attached to an aromatic ring is 1. The maximum absolute atomic E-state index is 11.4. The Morgan fingerprint density at radius 2 is 1.91 bits per heavy atom. The summed E-state index contributed by atoms with van der Waals surface area (Å²) in [5, 5.41) is 1.02. The van der Waals surface area contributed by atoms with Crippen LogP contribution in [0.1, 0.15) is 11.1 Å². The molecule has 0 aliphatic rings. The molecule has 22 heavy (non-hydrogen) atoms. The van der Waals surface area contributed by atoms with E-state index in [1.165, 1.54) is 7.11 Å². The summed E-state index contributed by atoms with van der Waals surface area (Å²) in [6, 6.07) is 12.2. The number of aliphatic imine (C=N–C) groups is 1. The maximum Gasteiger partial charge on any atom is 0.327 e. The fourth-order valence-electron chi connectivity index (χ4n) is 1.91. The number of methoxy groups -OCH3 is 1. The van der Waals surface area contributed by atoms with Gasteiger partial charge < -0.3 is 10.5 Å². The molecule has 0 saturated carbocycles. The van der Waals surface area contributed by atoms with Crippen LogP contribution in [0.25, 0.3) is 0 Å². The third-order valence-electron chi connectivity index (χ3n) is 2.99. The summed E-state index contributed by atoms with van der Waals surface area (Å²) in [6.07, 6.45) is 0. The largest absolute Gasteiger partial charge is 0.468 e. The Bertz CT molecular complexity index is 730. The smallest absolute Gasteiger partial charge is 0.327 e. The number of nitrogens with two attached hydrogens (primary N) is 1. The van der Waals surface area contributed by atoms with Crippen LogP contribution in [-0.2, 0) is 9.53 Å². The minimum absolute atomic E-state index is 0.136. The molecule has 0 spiro atoms. The topological polar surface area (TPSA) is 64.7 Å². The first-order valence-corrected chi connectivity index (χ1v) is 7.20. The summed E-state index contributed by atoms with van der Waals surface area (Å²) in [4.78, 5) is 15.7. The molecule has 2 aromatic carbocycles. The highest BCUT2D eigenvalue weighted by Crippen LogP contribution is 2.25. The molecule has 0 aliphatic carbocycles. The van der Waals surface area contributed by atoms with Gasteiger partial charge in [-0.3, -0.25) is 9.79 Å². The van der Waals surface area contributed by atoms with E-state index in [9.17, 15) is 4.79 Å². The highest BCUT2D eigenvalue weighted by Gasteiger charge is 2.14. The van der Waals surface area contributed by atoms with E-state index < -0.39 is 5.97 Å². The maximum atomic E-state index is 11.4. The summed E-state index contributed by atoms with van der Waals surface area (Å²) >= 11 is 12.3. The first-order valence-electron chi connectivity index (χ1n) is 6.44. The average molecular weight is 337 g/mol. The van der Waals surface area contributed by atoms with Crippen LogP contribution < -0.4 is 5.73 Å². The Kier molecular flexibility index (Phi) is 5.41. The molecule has 0 amide bonds. The molecule has 0 fully saturated rings. The highest BCUT2D eigenvalue weighted by atomic mass is 35.5. The van der Waals surface area contributed by atoms with Gasteiger partial charge in [0, 0.05) is 26.9 Å². The number of nitrogens with zero attached hydrogens (tertiary/aromatic N) is 1. The van der Waals surface area contributed by atoms with E-state index in [0.29, 0.717) is 32.6 Å². The van der Waals surface area contributed by atoms with Crippen molar-refractivity contribution in [3.63, 3.8) is 0 Å². The minimum atomic E-state index is -0.454. The number of hydrogen-bond acceptors (Lipinski definition) is 4. The first kappa shape index (κ1) is 16.3. The van der Waals surface area contributed by atoms with Gasteiger partial charge in [-0.25, -0.2) is 0 Å². The van der Waals surface area contributed by atoms with Crippen molar-refractivity contribution in [3.8, 4) is 0 Å². The Hall–Kier alpha value is -2.04. The van der Waals surface area contributed by atoms with Crippen molar-refractivity contribution >= 4 is 40.6 Å². The van der Waals surface area contributed by atoms with Crippen LogP contribution in [-0.4, -0.2) is 25.3 Å². The number of esters is 1. The standard InChI is InChI=1S/C16H14Cl2N2O2/c1-22-15(21)9-20-16(11-4-2-3-5-13(11)18)12-8-10(17)6-7-14(12)19/h2-8H,9,19H2,1H3. The van der Waals surface area contributed by atoms with Gasteiger partial charge in [-0.15, -0.1) is 0 Å².